The van der Waals surface area contributed by atoms with E-state index >= 15 is 0 Å². The average molecular weight is 230 g/mol. The minimum absolute atomic E-state index is 0.0724. The van der Waals surface area contributed by atoms with Crippen molar-refractivity contribution in [3.63, 3.8) is 0 Å². The smallest absolute Gasteiger partial charge is 0.212 e. The number of hydrogen-bond acceptors (Lipinski definition) is 4. The molecule has 1 heterocycles. The van der Waals surface area contributed by atoms with E-state index in [1.54, 1.807) is 19.2 Å². The molecule has 2 aromatic rings. The molecule has 1 aromatic heterocycles. The summed E-state index contributed by atoms with van der Waals surface area (Å²) in [6.45, 7) is 0.610. The molecule has 5 nitrogen and oxygen atoms in total. The fourth-order valence-electron chi connectivity index (χ4n) is 1.63. The summed E-state index contributed by atoms with van der Waals surface area (Å²) in [4.78, 5) is 12.1. The van der Waals surface area contributed by atoms with E-state index in [2.05, 4.69) is 10.3 Å². The fourth-order valence-corrected chi connectivity index (χ4v) is 1.63. The van der Waals surface area contributed by atoms with Crippen LogP contribution in [0.4, 0.5) is 0 Å². The lowest BCUT2D eigenvalue weighted by atomic mass is 10.0. The van der Waals surface area contributed by atoms with E-state index in [4.69, 9.17) is 5.73 Å². The Labute approximate surface area is 99.2 Å². The molecule has 0 unspecified atom stereocenters. The standard InChI is InChI=1S/C12H14N4O/c1-16-11(8-14-15-16)12(17)10-4-2-9(3-5-10)6-7-13/h2-5,8H,6-7,13H2,1H3. The number of carbonyl (C=O) groups excluding carboxylic acids is 1. The van der Waals surface area contributed by atoms with Crippen molar-refractivity contribution >= 4 is 5.78 Å². The highest BCUT2D eigenvalue weighted by molar-refractivity contribution is 6.07. The highest BCUT2D eigenvalue weighted by Gasteiger charge is 2.13. The Morgan fingerprint density at radius 1 is 1.35 bits per heavy atom. The van der Waals surface area contributed by atoms with Crippen LogP contribution < -0.4 is 5.73 Å². The monoisotopic (exact) mass is 230 g/mol. The lowest BCUT2D eigenvalue weighted by Gasteiger charge is -2.02. The number of ketones is 1. The molecule has 1 aromatic carbocycles. The number of rotatable bonds is 4. The Balaban J connectivity index is 2.23. The molecule has 0 bridgehead atoms. The third kappa shape index (κ3) is 2.39. The number of carbonyl (C=O) groups is 1. The largest absolute Gasteiger partial charge is 0.330 e. The summed E-state index contributed by atoms with van der Waals surface area (Å²) in [6.07, 6.45) is 2.29. The molecule has 0 aliphatic heterocycles. The van der Waals surface area contributed by atoms with Gasteiger partial charge in [0.05, 0.1) is 6.20 Å². The van der Waals surface area contributed by atoms with E-state index in [-0.39, 0.29) is 5.78 Å². The van der Waals surface area contributed by atoms with Crippen LogP contribution in [0.3, 0.4) is 0 Å². The van der Waals surface area contributed by atoms with E-state index in [9.17, 15) is 4.79 Å². The Kier molecular flexibility index (Phi) is 3.30. The number of hydrogen-bond donors (Lipinski definition) is 1. The molecule has 2 rings (SSSR count). The number of benzene rings is 1. The Morgan fingerprint density at radius 3 is 2.59 bits per heavy atom. The molecule has 0 amide bonds. The minimum atomic E-state index is -0.0724. The third-order valence-corrected chi connectivity index (χ3v) is 2.60. The Hall–Kier alpha value is -2.01. The lowest BCUT2D eigenvalue weighted by Crippen LogP contribution is -2.08. The predicted molar refractivity (Wildman–Crippen MR) is 63.6 cm³/mol. The Bertz CT molecular complexity index is 516. The summed E-state index contributed by atoms with van der Waals surface area (Å²) in [5.74, 6) is -0.0724. The topological polar surface area (TPSA) is 73.8 Å². The zero-order chi connectivity index (χ0) is 12.3. The summed E-state index contributed by atoms with van der Waals surface area (Å²) in [7, 11) is 1.70. The van der Waals surface area contributed by atoms with Crippen molar-refractivity contribution in [1.82, 2.24) is 15.0 Å². The van der Waals surface area contributed by atoms with Gasteiger partial charge >= 0.3 is 0 Å². The van der Waals surface area contributed by atoms with Gasteiger partial charge in [-0.25, -0.2) is 4.68 Å². The maximum absolute atomic E-state index is 12.1. The molecule has 2 N–H and O–H groups in total. The maximum atomic E-state index is 12.1. The first-order chi connectivity index (χ1) is 8.22. The van der Waals surface area contributed by atoms with Crippen molar-refractivity contribution in [2.75, 3.05) is 6.54 Å². The summed E-state index contributed by atoms with van der Waals surface area (Å²) >= 11 is 0. The summed E-state index contributed by atoms with van der Waals surface area (Å²) in [6, 6.07) is 7.45. The Morgan fingerprint density at radius 2 is 2.06 bits per heavy atom. The van der Waals surface area contributed by atoms with Gasteiger partial charge < -0.3 is 5.73 Å². The van der Waals surface area contributed by atoms with Crippen molar-refractivity contribution in [3.8, 4) is 0 Å². The normalized spacial score (nSPS) is 10.5. The zero-order valence-electron chi connectivity index (χ0n) is 9.63. The SMILES string of the molecule is Cn1nncc1C(=O)c1ccc(CCN)cc1. The molecule has 0 spiro atoms. The zero-order valence-corrected chi connectivity index (χ0v) is 9.63. The highest BCUT2D eigenvalue weighted by Crippen LogP contribution is 2.10. The second-order valence-electron chi connectivity index (χ2n) is 3.81. The van der Waals surface area contributed by atoms with E-state index in [1.807, 2.05) is 12.1 Å². The summed E-state index contributed by atoms with van der Waals surface area (Å²) in [5.41, 5.74) is 7.72. The third-order valence-electron chi connectivity index (χ3n) is 2.60. The molecule has 88 valence electrons. The predicted octanol–water partition coefficient (Wildman–Crippen LogP) is 0.547. The van der Waals surface area contributed by atoms with Crippen molar-refractivity contribution in [1.29, 1.82) is 0 Å². The number of aromatic nitrogens is 3. The van der Waals surface area contributed by atoms with Gasteiger partial charge in [0.1, 0.15) is 5.69 Å². The highest BCUT2D eigenvalue weighted by atomic mass is 16.1. The minimum Gasteiger partial charge on any atom is -0.330 e. The van der Waals surface area contributed by atoms with Gasteiger partial charge in [-0.15, -0.1) is 5.10 Å². The van der Waals surface area contributed by atoms with Crippen LogP contribution in [-0.4, -0.2) is 27.3 Å². The summed E-state index contributed by atoms with van der Waals surface area (Å²) < 4.78 is 1.47. The quantitative estimate of drug-likeness (QED) is 0.778. The first kappa shape index (κ1) is 11.5. The van der Waals surface area contributed by atoms with Crippen LogP contribution in [0.1, 0.15) is 21.6 Å². The average Bonchev–Trinajstić information content (AvgIpc) is 2.76. The molecule has 17 heavy (non-hydrogen) atoms. The van der Waals surface area contributed by atoms with Crippen LogP contribution in [0.25, 0.3) is 0 Å². The fraction of sp³-hybridized carbons (Fsp3) is 0.250. The van der Waals surface area contributed by atoms with Crippen LogP contribution >= 0.6 is 0 Å². The van der Waals surface area contributed by atoms with Crippen molar-refractivity contribution in [2.45, 2.75) is 6.42 Å². The van der Waals surface area contributed by atoms with E-state index in [1.165, 1.54) is 10.9 Å². The van der Waals surface area contributed by atoms with Crippen LogP contribution in [0, 0.1) is 0 Å². The molecular formula is C12H14N4O. The number of aryl methyl sites for hydroxylation is 1. The van der Waals surface area contributed by atoms with Gasteiger partial charge in [-0.05, 0) is 18.5 Å². The number of nitrogens with zero attached hydrogens (tertiary/aromatic N) is 3. The van der Waals surface area contributed by atoms with Crippen molar-refractivity contribution in [2.24, 2.45) is 12.8 Å². The van der Waals surface area contributed by atoms with Crippen LogP contribution in [0.5, 0.6) is 0 Å². The molecule has 0 radical (unpaired) electrons. The van der Waals surface area contributed by atoms with Crippen molar-refractivity contribution in [3.05, 3.63) is 47.3 Å². The molecule has 0 atom stereocenters. The van der Waals surface area contributed by atoms with Crippen LogP contribution in [0.15, 0.2) is 30.5 Å². The first-order valence-electron chi connectivity index (χ1n) is 5.40. The number of nitrogens with two attached hydrogens (primary N) is 1. The van der Waals surface area contributed by atoms with Gasteiger partial charge in [0.25, 0.3) is 0 Å². The first-order valence-corrected chi connectivity index (χ1v) is 5.40. The van der Waals surface area contributed by atoms with E-state index < -0.39 is 0 Å². The van der Waals surface area contributed by atoms with Gasteiger partial charge in [0.2, 0.25) is 5.78 Å². The van der Waals surface area contributed by atoms with Crippen molar-refractivity contribution < 1.29 is 4.79 Å². The molecule has 0 saturated heterocycles. The van der Waals surface area contributed by atoms with Crippen LogP contribution in [-0.2, 0) is 13.5 Å². The summed E-state index contributed by atoms with van der Waals surface area (Å²) in [5, 5.41) is 7.43. The second kappa shape index (κ2) is 4.88. The van der Waals surface area contributed by atoms with Gasteiger partial charge in [-0.1, -0.05) is 29.5 Å². The molecule has 0 fully saturated rings. The van der Waals surface area contributed by atoms with Gasteiger partial charge in [0.15, 0.2) is 0 Å². The molecular weight excluding hydrogens is 216 g/mol. The van der Waals surface area contributed by atoms with Gasteiger partial charge in [-0.2, -0.15) is 0 Å². The molecule has 0 aliphatic rings. The molecule has 0 saturated carbocycles. The molecule has 5 heteroatoms. The lowest BCUT2D eigenvalue weighted by molar-refractivity contribution is 0.103. The van der Waals surface area contributed by atoms with Gasteiger partial charge in [0, 0.05) is 12.6 Å². The van der Waals surface area contributed by atoms with E-state index in [0.29, 0.717) is 17.8 Å². The van der Waals surface area contributed by atoms with Crippen LogP contribution in [0.2, 0.25) is 0 Å². The van der Waals surface area contributed by atoms with Gasteiger partial charge in [-0.3, -0.25) is 4.79 Å². The van der Waals surface area contributed by atoms with E-state index in [0.717, 1.165) is 12.0 Å². The maximum Gasteiger partial charge on any atom is 0.212 e. The second-order valence-corrected chi connectivity index (χ2v) is 3.81. The molecule has 0 aliphatic carbocycles.